The van der Waals surface area contributed by atoms with E-state index in [4.69, 9.17) is 4.74 Å². The number of ether oxygens (including phenoxy) is 1. The zero-order chi connectivity index (χ0) is 15.3. The van der Waals surface area contributed by atoms with Crippen LogP contribution in [0.5, 0.6) is 0 Å². The van der Waals surface area contributed by atoms with Crippen LogP contribution >= 0.6 is 0 Å². The zero-order valence-electron chi connectivity index (χ0n) is 12.5. The van der Waals surface area contributed by atoms with Crippen molar-refractivity contribution in [3.8, 4) is 0 Å². The molecule has 2 rings (SSSR count). The summed E-state index contributed by atoms with van der Waals surface area (Å²) in [7, 11) is 0. The van der Waals surface area contributed by atoms with Gasteiger partial charge in [-0.1, -0.05) is 0 Å². The Balaban J connectivity index is 1.94. The molecule has 0 fully saturated rings. The summed E-state index contributed by atoms with van der Waals surface area (Å²) in [5, 5.41) is 3.24. The molecule has 1 aromatic carbocycles. The van der Waals surface area contributed by atoms with E-state index in [0.29, 0.717) is 12.1 Å². The van der Waals surface area contributed by atoms with Gasteiger partial charge in [0.2, 0.25) is 0 Å². The highest BCUT2D eigenvalue weighted by atomic mass is 16.6. The van der Waals surface area contributed by atoms with Crippen LogP contribution in [0.15, 0.2) is 43.0 Å². The maximum absolute atomic E-state index is 11.9. The summed E-state index contributed by atoms with van der Waals surface area (Å²) in [5.74, 6) is -0.314. The second-order valence-corrected chi connectivity index (χ2v) is 5.68. The van der Waals surface area contributed by atoms with Crippen molar-refractivity contribution in [2.24, 2.45) is 0 Å². The Morgan fingerprint density at radius 3 is 2.33 bits per heavy atom. The maximum Gasteiger partial charge on any atom is 0.338 e. The van der Waals surface area contributed by atoms with Crippen molar-refractivity contribution in [1.82, 2.24) is 9.97 Å². The lowest BCUT2D eigenvalue weighted by Gasteiger charge is -2.19. The molecule has 1 heterocycles. The van der Waals surface area contributed by atoms with E-state index in [9.17, 15) is 4.79 Å². The quantitative estimate of drug-likeness (QED) is 0.875. The molecular weight excluding hydrogens is 266 g/mol. The van der Waals surface area contributed by atoms with E-state index in [1.165, 1.54) is 6.33 Å². The van der Waals surface area contributed by atoms with Gasteiger partial charge in [0.25, 0.3) is 0 Å². The van der Waals surface area contributed by atoms with Crippen LogP contribution in [0.2, 0.25) is 0 Å². The number of hydrogen-bond acceptors (Lipinski definition) is 5. The minimum absolute atomic E-state index is 0.314. The molecule has 0 aliphatic heterocycles. The molecule has 2 aromatic rings. The molecule has 0 aliphatic carbocycles. The zero-order valence-corrected chi connectivity index (χ0v) is 12.5. The fraction of sp³-hybridized carbons (Fsp3) is 0.312. The molecule has 5 nitrogen and oxygen atoms in total. The normalized spacial score (nSPS) is 11.0. The Bertz CT molecular complexity index is 589. The maximum atomic E-state index is 11.9. The molecule has 0 saturated heterocycles. The Hall–Kier alpha value is -2.43. The summed E-state index contributed by atoms with van der Waals surface area (Å²) in [6.45, 7) is 6.18. The number of anilines is 1. The lowest BCUT2D eigenvalue weighted by molar-refractivity contribution is 0.00696. The molecule has 0 amide bonds. The molecule has 110 valence electrons. The molecular formula is C16H19N3O2. The van der Waals surface area contributed by atoms with Crippen LogP contribution in [-0.2, 0) is 11.3 Å². The predicted octanol–water partition coefficient (Wildman–Crippen LogP) is 3.04. The molecule has 5 heteroatoms. The van der Waals surface area contributed by atoms with Gasteiger partial charge < -0.3 is 10.1 Å². The third kappa shape index (κ3) is 4.87. The standard InChI is InChI=1S/C16H19N3O2/c1-16(2,3)21-15(20)13-4-6-14(7-5-13)19-10-12-8-17-11-18-9-12/h4-9,11,19H,10H2,1-3H3. The third-order valence-electron chi connectivity index (χ3n) is 2.63. The van der Waals surface area contributed by atoms with E-state index in [2.05, 4.69) is 15.3 Å². The first-order valence-corrected chi connectivity index (χ1v) is 6.75. The van der Waals surface area contributed by atoms with Gasteiger partial charge in [-0.05, 0) is 45.0 Å². The van der Waals surface area contributed by atoms with Crippen LogP contribution in [0.25, 0.3) is 0 Å². The summed E-state index contributed by atoms with van der Waals surface area (Å²) in [4.78, 5) is 19.8. The Labute approximate surface area is 124 Å². The minimum atomic E-state index is -0.485. The van der Waals surface area contributed by atoms with Gasteiger partial charge in [-0.2, -0.15) is 0 Å². The van der Waals surface area contributed by atoms with Crippen LogP contribution in [0.4, 0.5) is 5.69 Å². The van der Waals surface area contributed by atoms with Crippen molar-refractivity contribution < 1.29 is 9.53 Å². The van der Waals surface area contributed by atoms with Gasteiger partial charge in [0.15, 0.2) is 0 Å². The van der Waals surface area contributed by atoms with Gasteiger partial charge in [-0.25, -0.2) is 14.8 Å². The first-order chi connectivity index (χ1) is 9.94. The van der Waals surface area contributed by atoms with Crippen LogP contribution in [0.3, 0.4) is 0 Å². The fourth-order valence-corrected chi connectivity index (χ4v) is 1.69. The second kappa shape index (κ2) is 6.35. The van der Waals surface area contributed by atoms with Crippen molar-refractivity contribution in [2.45, 2.75) is 32.9 Å². The summed E-state index contributed by atoms with van der Waals surface area (Å²) in [6, 6.07) is 7.20. The summed E-state index contributed by atoms with van der Waals surface area (Å²) >= 11 is 0. The molecule has 0 aliphatic rings. The van der Waals surface area contributed by atoms with E-state index < -0.39 is 5.60 Å². The van der Waals surface area contributed by atoms with Crippen molar-refractivity contribution in [2.75, 3.05) is 5.32 Å². The van der Waals surface area contributed by atoms with Gasteiger partial charge in [0.05, 0.1) is 5.56 Å². The molecule has 0 radical (unpaired) electrons. The van der Waals surface area contributed by atoms with Crippen LogP contribution in [0, 0.1) is 0 Å². The first kappa shape index (κ1) is 15.0. The average molecular weight is 285 g/mol. The van der Waals surface area contributed by atoms with Crippen molar-refractivity contribution in [3.63, 3.8) is 0 Å². The molecule has 0 atom stereocenters. The summed E-state index contributed by atoms with van der Waals surface area (Å²) < 4.78 is 5.32. The number of carbonyl (C=O) groups is 1. The summed E-state index contributed by atoms with van der Waals surface area (Å²) in [5.41, 5.74) is 1.97. The number of benzene rings is 1. The number of hydrogen-bond donors (Lipinski definition) is 1. The smallest absolute Gasteiger partial charge is 0.338 e. The van der Waals surface area contributed by atoms with Crippen molar-refractivity contribution in [3.05, 3.63) is 54.1 Å². The first-order valence-electron chi connectivity index (χ1n) is 6.75. The second-order valence-electron chi connectivity index (χ2n) is 5.68. The summed E-state index contributed by atoms with van der Waals surface area (Å²) in [6.07, 6.45) is 5.02. The minimum Gasteiger partial charge on any atom is -0.456 e. The van der Waals surface area contributed by atoms with Gasteiger partial charge >= 0.3 is 5.97 Å². The van der Waals surface area contributed by atoms with E-state index in [1.807, 2.05) is 32.9 Å². The van der Waals surface area contributed by atoms with E-state index in [-0.39, 0.29) is 5.97 Å². The number of esters is 1. The molecule has 0 unspecified atom stereocenters. The third-order valence-corrected chi connectivity index (χ3v) is 2.63. The monoisotopic (exact) mass is 285 g/mol. The van der Waals surface area contributed by atoms with Gasteiger partial charge in [0.1, 0.15) is 11.9 Å². The average Bonchev–Trinajstić information content (AvgIpc) is 2.45. The highest BCUT2D eigenvalue weighted by Gasteiger charge is 2.17. The highest BCUT2D eigenvalue weighted by Crippen LogP contribution is 2.15. The van der Waals surface area contributed by atoms with E-state index in [1.54, 1.807) is 24.5 Å². The van der Waals surface area contributed by atoms with E-state index >= 15 is 0 Å². The number of rotatable bonds is 4. The highest BCUT2D eigenvalue weighted by molar-refractivity contribution is 5.90. The molecule has 1 N–H and O–H groups in total. The Morgan fingerprint density at radius 2 is 1.76 bits per heavy atom. The molecule has 0 spiro atoms. The van der Waals surface area contributed by atoms with Gasteiger partial charge in [0, 0.05) is 30.2 Å². The molecule has 21 heavy (non-hydrogen) atoms. The topological polar surface area (TPSA) is 64.1 Å². The Morgan fingerprint density at radius 1 is 1.14 bits per heavy atom. The van der Waals surface area contributed by atoms with Gasteiger partial charge in [-0.3, -0.25) is 0 Å². The van der Waals surface area contributed by atoms with Crippen LogP contribution in [0.1, 0.15) is 36.7 Å². The van der Waals surface area contributed by atoms with E-state index in [0.717, 1.165) is 11.3 Å². The Kier molecular flexibility index (Phi) is 4.52. The SMILES string of the molecule is CC(C)(C)OC(=O)c1ccc(NCc2cncnc2)cc1. The number of carbonyl (C=O) groups excluding carboxylic acids is 1. The predicted molar refractivity (Wildman–Crippen MR) is 81.0 cm³/mol. The lowest BCUT2D eigenvalue weighted by Crippen LogP contribution is -2.23. The fourth-order valence-electron chi connectivity index (χ4n) is 1.69. The molecule has 1 aromatic heterocycles. The van der Waals surface area contributed by atoms with Crippen molar-refractivity contribution >= 4 is 11.7 Å². The van der Waals surface area contributed by atoms with Crippen LogP contribution in [-0.4, -0.2) is 21.5 Å². The number of nitrogens with zero attached hydrogens (tertiary/aromatic N) is 2. The molecule has 0 saturated carbocycles. The largest absolute Gasteiger partial charge is 0.456 e. The number of aromatic nitrogens is 2. The lowest BCUT2D eigenvalue weighted by atomic mass is 10.1. The van der Waals surface area contributed by atoms with Crippen molar-refractivity contribution in [1.29, 1.82) is 0 Å². The van der Waals surface area contributed by atoms with Crippen LogP contribution < -0.4 is 5.32 Å². The van der Waals surface area contributed by atoms with Gasteiger partial charge in [-0.15, -0.1) is 0 Å². The molecule has 0 bridgehead atoms. The number of nitrogens with one attached hydrogen (secondary N) is 1.